The van der Waals surface area contributed by atoms with E-state index in [1.807, 2.05) is 0 Å². The number of unbranched alkanes of at least 4 members (excludes halogenated alkanes) is 2. The van der Waals surface area contributed by atoms with Gasteiger partial charge >= 0.3 is 35.8 Å². The number of aromatic hydroxyl groups is 3. The number of aliphatic hydroxyl groups excluding tert-OH is 2. The Morgan fingerprint density at radius 2 is 1.13 bits per heavy atom. The summed E-state index contributed by atoms with van der Waals surface area (Å²) in [6.45, 7) is -2.73. The van der Waals surface area contributed by atoms with Gasteiger partial charge in [-0.2, -0.15) is 0 Å². The quantitative estimate of drug-likeness (QED) is 0.00616. The van der Waals surface area contributed by atoms with E-state index in [1.165, 1.54) is 59.5 Å². The summed E-state index contributed by atoms with van der Waals surface area (Å²) >= 11 is 4.59. The van der Waals surface area contributed by atoms with Crippen molar-refractivity contribution in [1.82, 2.24) is 67.5 Å². The number of nitrogens with two attached hydrogens (primary N) is 1. The van der Waals surface area contributed by atoms with E-state index in [0.29, 0.717) is 56.4 Å². The number of carboxylic acid groups (broad SMARTS) is 5. The second kappa shape index (κ2) is 49.6. The lowest BCUT2D eigenvalue weighted by atomic mass is 9.77. The van der Waals surface area contributed by atoms with E-state index < -0.39 is 212 Å². The lowest BCUT2D eigenvalue weighted by molar-refractivity contribution is -0.145. The number of ether oxygens (including phenoxy) is 2. The number of amides is 9. The van der Waals surface area contributed by atoms with Crippen LogP contribution in [0.2, 0.25) is 0 Å². The van der Waals surface area contributed by atoms with Crippen molar-refractivity contribution in [2.75, 3.05) is 88.8 Å². The van der Waals surface area contributed by atoms with Gasteiger partial charge in [0.05, 0.1) is 50.5 Å². The fraction of sp³-hybridized carbons (Fsp3) is 0.400. The van der Waals surface area contributed by atoms with E-state index in [0.717, 1.165) is 45.2 Å². The van der Waals surface area contributed by atoms with E-state index >= 15 is 24.0 Å². The molecule has 728 valence electrons. The first kappa shape index (κ1) is 104. The number of aromatic nitrogens is 1. The highest BCUT2D eigenvalue weighted by atomic mass is 33.1. The van der Waals surface area contributed by atoms with E-state index in [1.54, 1.807) is 85.1 Å². The average molecular weight is 1940 g/mol. The van der Waals surface area contributed by atoms with Crippen molar-refractivity contribution in [2.45, 2.75) is 144 Å². The van der Waals surface area contributed by atoms with Gasteiger partial charge < -0.3 is 124 Å². The fourth-order valence-electron chi connectivity index (χ4n) is 15.5. The molecule has 23 N–H and O–H groups in total. The van der Waals surface area contributed by atoms with E-state index in [2.05, 4.69) is 75.8 Å². The van der Waals surface area contributed by atoms with Gasteiger partial charge in [-0.15, -0.1) is 12.6 Å². The lowest BCUT2D eigenvalue weighted by Crippen LogP contribution is -2.62. The van der Waals surface area contributed by atoms with Gasteiger partial charge in [-0.05, 0) is 130 Å². The van der Waals surface area contributed by atoms with Gasteiger partial charge in [0.2, 0.25) is 53.2 Å². The second-order valence-corrected chi connectivity index (χ2v) is 35.6. The third kappa shape index (κ3) is 29.7. The number of H-pyrrole nitrogens is 1. The zero-order chi connectivity index (χ0) is 98.6. The second-order valence-electron chi connectivity index (χ2n) is 32.6. The van der Waals surface area contributed by atoms with Crippen molar-refractivity contribution in [3.8, 4) is 28.7 Å². The number of phenolic OH excluding ortho intramolecular Hbond substituents is 3. The summed E-state index contributed by atoms with van der Waals surface area (Å²) in [6.07, 6.45) is -2.69. The number of nitrogens with one attached hydrogen (secondary N) is 11. The van der Waals surface area contributed by atoms with Crippen LogP contribution >= 0.6 is 34.2 Å². The number of aliphatic carboxylic acids is 5. The number of carbonyl (C=O) groups excluding carboxylic acids is 10. The Hall–Kier alpha value is -13.6. The minimum absolute atomic E-state index is 0.0259. The number of anilines is 1. The Bertz CT molecular complexity index is 5470. The number of hydrogen-bond donors (Lipinski definition) is 23. The molecule has 1 unspecified atom stereocenters. The summed E-state index contributed by atoms with van der Waals surface area (Å²) < 4.78 is 12.3. The van der Waals surface area contributed by atoms with Crippen molar-refractivity contribution in [2.24, 2.45) is 10.7 Å². The molecule has 9 amide bonds. The number of rotatable bonds is 42. The molecule has 1 fully saturated rings. The topological polar surface area (TPSA) is 661 Å². The molecule has 0 radical (unpaired) electrons. The Morgan fingerprint density at radius 1 is 0.566 bits per heavy atom. The van der Waals surface area contributed by atoms with Gasteiger partial charge in [-0.25, -0.2) is 9.59 Å². The molecule has 6 aromatic carbocycles. The number of aromatic amines is 1. The highest BCUT2D eigenvalue weighted by Crippen LogP contribution is 2.57. The number of phenols is 3. The van der Waals surface area contributed by atoms with Crippen molar-refractivity contribution in [3.63, 3.8) is 0 Å². The maximum Gasteiger partial charge on any atom is 0.340 e. The molecule has 4 heterocycles. The molecule has 3 aliphatic rings. The number of para-hydroxylation sites is 1. The molecule has 7 aromatic rings. The van der Waals surface area contributed by atoms with Crippen LogP contribution in [0, 0.1) is 0 Å². The highest BCUT2D eigenvalue weighted by Gasteiger charge is 2.54. The van der Waals surface area contributed by atoms with Gasteiger partial charge in [-0.1, -0.05) is 88.3 Å². The first-order chi connectivity index (χ1) is 64.8. The molecule has 0 saturated carbocycles. The average Bonchev–Trinajstić information content (AvgIpc) is 1.51. The van der Waals surface area contributed by atoms with E-state index in [-0.39, 0.29) is 124 Å². The number of aliphatic imine (C=N–C) groups is 1. The van der Waals surface area contributed by atoms with Crippen LogP contribution in [0.15, 0.2) is 145 Å². The minimum Gasteiger partial charge on any atom is -0.508 e. The number of aliphatic hydroxyl groups is 2. The molecule has 10 rings (SSSR count). The zero-order valence-corrected chi connectivity index (χ0v) is 76.3. The first-order valence-electron chi connectivity index (χ1n) is 43.2. The summed E-state index contributed by atoms with van der Waals surface area (Å²) in [7, 11) is 1.51. The SMILES string of the molecule is C[C@@H](O)[C@H](NC(=O)[C@H]1CSSC[C@H](NC(=O)[C@@H](Cc2ccccc2)NC(=O)C(CCCCN=C(S)Nc2ccc3c(c2)C(=O)OC32c3ccc(O)cc3Oc3cc(O)ccc32)NC(=O)CN(CCN(CCN(CC(=O)O)CC(=O)O)CC(=O)O)CC(=O)O)C(=O)N[C@@H](Cc2ccc(O)cc2)C(=O)N[C@H](Cc2c[nH]c3ccccc23)C(=O)N[C@@H](CCCCN)C(=O)N[C@H]([C@@H](C)O)C(=O)N1)C(=O)O. The molecule has 136 heavy (non-hydrogen) atoms. The number of amidine groups is 1. The van der Waals surface area contributed by atoms with Crippen LogP contribution in [-0.2, 0) is 96.7 Å². The fourth-order valence-corrected chi connectivity index (χ4v) is 18.0. The Kier molecular flexibility index (Phi) is 38.1. The predicted octanol–water partition coefficient (Wildman–Crippen LogP) is 0.427. The first-order valence-corrected chi connectivity index (χ1v) is 46.2. The minimum atomic E-state index is -1.98. The lowest BCUT2D eigenvalue weighted by Gasteiger charge is -2.36. The van der Waals surface area contributed by atoms with Gasteiger partial charge in [0.25, 0.3) is 0 Å². The summed E-state index contributed by atoms with van der Waals surface area (Å²) in [5, 5.41) is 129. The Morgan fingerprint density at radius 3 is 1.75 bits per heavy atom. The number of fused-ring (bicyclic) bond motifs is 7. The monoisotopic (exact) mass is 1940 g/mol. The molecule has 1 spiro atoms. The molecule has 46 heteroatoms. The van der Waals surface area contributed by atoms with Gasteiger partial charge in [-0.3, -0.25) is 82.0 Å². The van der Waals surface area contributed by atoms with Gasteiger partial charge in [0.15, 0.2) is 16.8 Å². The number of benzene rings is 6. The summed E-state index contributed by atoms with van der Waals surface area (Å²) in [6, 6.07) is 18.1. The summed E-state index contributed by atoms with van der Waals surface area (Å²) in [4.78, 5) is 221. The number of carboxylic acids is 5. The molecule has 0 aliphatic carbocycles. The van der Waals surface area contributed by atoms with Crippen molar-refractivity contribution in [3.05, 3.63) is 179 Å². The Labute approximate surface area is 791 Å². The number of nitrogens with zero attached hydrogens (tertiary/aromatic N) is 4. The van der Waals surface area contributed by atoms with Gasteiger partial charge in [0, 0.05) is 115 Å². The molecular formula is C90H108N16O27S3. The molecule has 1 saturated heterocycles. The maximum atomic E-state index is 15.7. The van der Waals surface area contributed by atoms with Crippen LogP contribution in [0.3, 0.4) is 0 Å². The van der Waals surface area contributed by atoms with Crippen molar-refractivity contribution >= 4 is 145 Å². The third-order valence-electron chi connectivity index (χ3n) is 22.3. The largest absolute Gasteiger partial charge is 0.508 e. The standard InChI is InChI=1S/C90H108N16O27S3/c1-48(107)77-86(128)101-69(85(127)103-78(49(2)108)87(129)130)47-136-135-46-68(84(126)98-66(35-51-18-21-54(109)22-19-51)81(123)99-67(36-52-40-93-62-15-7-6-14-57(52)62)83(125)96-64(80(122)102-77)16-8-10-28-91)100-82(124)65(34-50-12-4-3-5-13-50)97-79(121)63(95-72(112)41-105(43-74(115)116)32-30-104(42-73(113)114)31-33-106(44-75(117)118)45-76(119)120)17-9-11-29-92-89(134)94-53-20-25-59-58(37-53)88(131)133-90(59)60-26-23-55(110)38-70(60)132-71-39-56(111)24-27-61(71)90/h3-7,12-15,18-27,37-40,48-49,63-69,77-78,93,107-111H,8-11,16-17,28-36,41-47,91H2,1-2H3,(H,95,112)(H,96,125)(H,97,121)(H,98,126)(H,99,123)(H,100,124)(H,101,128)(H,102,122)(H,103,127)(H,113,114)(H,115,116)(H,117,118)(H,119,120)(H,129,130)(H2,92,94,134)/t48-,49-,63?,64+,65-,66+,67-,68+,69-,77-,78+/m1/s1. The zero-order valence-electron chi connectivity index (χ0n) is 73.7. The van der Waals surface area contributed by atoms with Crippen molar-refractivity contribution in [1.29, 1.82) is 0 Å². The number of thiol groups is 1. The molecule has 1 aromatic heterocycles. The van der Waals surface area contributed by atoms with Crippen LogP contribution in [0.4, 0.5) is 5.69 Å². The number of hydrogen-bond acceptors (Lipinski definition) is 29. The summed E-state index contributed by atoms with van der Waals surface area (Å²) in [5.74, 6) is -19.1. The Balaban J connectivity index is 0.975. The summed E-state index contributed by atoms with van der Waals surface area (Å²) in [5.41, 5.74) is 7.71. The van der Waals surface area contributed by atoms with Crippen molar-refractivity contribution < 1.29 is 132 Å². The number of esters is 1. The molecule has 11 atom stereocenters. The molecule has 3 aliphatic heterocycles. The highest BCUT2D eigenvalue weighted by molar-refractivity contribution is 8.76. The van der Waals surface area contributed by atoms with Gasteiger partial charge in [0.1, 0.15) is 77.1 Å². The molecular weight excluding hydrogens is 1830 g/mol. The van der Waals surface area contributed by atoms with Crippen LogP contribution in [0.5, 0.6) is 28.7 Å². The van der Waals surface area contributed by atoms with Crippen LogP contribution in [-0.4, -0.2) is 315 Å². The normalized spacial score (nSPS) is 18.7. The maximum absolute atomic E-state index is 15.7. The van der Waals surface area contributed by atoms with Crippen LogP contribution < -0.4 is 63.6 Å². The van der Waals surface area contributed by atoms with Crippen LogP contribution in [0.1, 0.15) is 96.1 Å². The van der Waals surface area contributed by atoms with Crippen LogP contribution in [0.25, 0.3) is 10.9 Å². The molecule has 0 bridgehead atoms. The number of carbonyl (C=O) groups is 15. The van der Waals surface area contributed by atoms with E-state index in [9.17, 15) is 99.0 Å². The predicted molar refractivity (Wildman–Crippen MR) is 497 cm³/mol. The third-order valence-corrected chi connectivity index (χ3v) is 25.0. The molecule has 43 nitrogen and oxygen atoms in total. The van der Waals surface area contributed by atoms with E-state index in [4.69, 9.17) is 15.2 Å². The smallest absolute Gasteiger partial charge is 0.340 e.